The number of nitrogens with one attached hydrogen (secondary N) is 1. The smallest absolute Gasteiger partial charge is 0.407 e. The van der Waals surface area contributed by atoms with E-state index in [4.69, 9.17) is 37.9 Å². The van der Waals surface area contributed by atoms with Crippen molar-refractivity contribution in [1.82, 2.24) is 5.32 Å². The molecular formula is C55H47NO14. The van der Waals surface area contributed by atoms with E-state index in [1.807, 2.05) is 48.5 Å². The van der Waals surface area contributed by atoms with Gasteiger partial charge in [0.05, 0.1) is 28.9 Å². The molecule has 1 fully saturated rings. The zero-order valence-electron chi connectivity index (χ0n) is 37.5. The van der Waals surface area contributed by atoms with E-state index in [1.54, 1.807) is 72.8 Å². The lowest BCUT2D eigenvalue weighted by Gasteiger charge is -2.44. The number of hydrogen-bond acceptors (Lipinski definition) is 14. The second-order valence-electron chi connectivity index (χ2n) is 16.0. The third kappa shape index (κ3) is 11.6. The number of hydrogen-bond donors (Lipinski definition) is 1. The number of ether oxygens (including phenoxy) is 8. The number of alkyl carbamates (subject to hydrolysis) is 1. The van der Waals surface area contributed by atoms with Gasteiger partial charge >= 0.3 is 35.9 Å². The van der Waals surface area contributed by atoms with E-state index in [0.717, 1.165) is 22.3 Å². The Kier molecular flexibility index (Phi) is 15.8. The van der Waals surface area contributed by atoms with Gasteiger partial charge in [0, 0.05) is 5.92 Å². The van der Waals surface area contributed by atoms with Gasteiger partial charge < -0.3 is 43.2 Å². The fourth-order valence-corrected chi connectivity index (χ4v) is 8.05. The van der Waals surface area contributed by atoms with Gasteiger partial charge in [0.2, 0.25) is 0 Å². The molecule has 0 saturated carbocycles. The van der Waals surface area contributed by atoms with Crippen molar-refractivity contribution in [3.63, 3.8) is 0 Å². The highest BCUT2D eigenvalue weighted by atomic mass is 16.7. The number of esters is 5. The molecule has 0 aromatic heterocycles. The molecule has 6 atom stereocenters. The van der Waals surface area contributed by atoms with Crippen LogP contribution >= 0.6 is 0 Å². The number of amides is 1. The van der Waals surface area contributed by atoms with Crippen LogP contribution in [0.1, 0.15) is 58.5 Å². The van der Waals surface area contributed by atoms with Gasteiger partial charge in [-0.3, -0.25) is 0 Å². The van der Waals surface area contributed by atoms with Crippen molar-refractivity contribution < 1.29 is 66.7 Å². The van der Waals surface area contributed by atoms with Crippen molar-refractivity contribution in [1.29, 1.82) is 0 Å². The van der Waals surface area contributed by atoms with E-state index in [0.29, 0.717) is 0 Å². The van der Waals surface area contributed by atoms with Crippen molar-refractivity contribution >= 4 is 35.9 Å². The summed E-state index contributed by atoms with van der Waals surface area (Å²) in [5.74, 6) is -4.78. The molecular weight excluding hydrogens is 899 g/mol. The maximum Gasteiger partial charge on any atom is 0.407 e. The fraction of sp³-hybridized carbons (Fsp3) is 0.200. The molecule has 8 rings (SSSR count). The lowest BCUT2D eigenvalue weighted by Crippen LogP contribution is -2.63. The number of carbonyl (C=O) groups excluding carboxylic acids is 6. The predicted molar refractivity (Wildman–Crippen MR) is 251 cm³/mol. The Labute approximate surface area is 402 Å². The molecule has 6 aromatic carbocycles. The Morgan fingerprint density at radius 3 is 1.46 bits per heavy atom. The van der Waals surface area contributed by atoms with Crippen LogP contribution in [0.25, 0.3) is 11.1 Å². The van der Waals surface area contributed by atoms with Crippen LogP contribution in [0.15, 0.2) is 183 Å². The Morgan fingerprint density at radius 2 is 0.957 bits per heavy atom. The minimum Gasteiger partial charge on any atom is -0.460 e. The first kappa shape index (κ1) is 48.1. The van der Waals surface area contributed by atoms with Crippen molar-refractivity contribution in [2.45, 2.75) is 42.7 Å². The van der Waals surface area contributed by atoms with Gasteiger partial charge in [-0.15, -0.1) is 0 Å². The summed E-state index contributed by atoms with van der Waals surface area (Å²) in [7, 11) is 0. The molecule has 1 saturated heterocycles. The zero-order valence-corrected chi connectivity index (χ0v) is 37.5. The van der Waals surface area contributed by atoms with E-state index in [2.05, 4.69) is 11.9 Å². The molecule has 1 aliphatic carbocycles. The molecule has 15 heteroatoms. The third-order valence-corrected chi connectivity index (χ3v) is 11.4. The van der Waals surface area contributed by atoms with Crippen molar-refractivity contribution in [2.75, 3.05) is 26.4 Å². The van der Waals surface area contributed by atoms with Crippen LogP contribution in [-0.2, 0) is 42.7 Å². The first-order valence-corrected chi connectivity index (χ1v) is 22.3. The normalized spacial score (nSPS) is 18.4. The Bertz CT molecular complexity index is 2740. The molecule has 6 aromatic rings. The van der Waals surface area contributed by atoms with E-state index >= 15 is 0 Å². The predicted octanol–water partition coefficient (Wildman–Crippen LogP) is 7.90. The van der Waals surface area contributed by atoms with E-state index in [1.165, 1.54) is 54.6 Å². The molecule has 0 bridgehead atoms. The highest BCUT2D eigenvalue weighted by Gasteiger charge is 2.54. The third-order valence-electron chi connectivity index (χ3n) is 11.4. The number of carbonyl (C=O) groups is 6. The van der Waals surface area contributed by atoms with Crippen LogP contribution in [0.3, 0.4) is 0 Å². The lowest BCUT2D eigenvalue weighted by atomic mass is 9.97. The Morgan fingerprint density at radius 1 is 0.514 bits per heavy atom. The quantitative estimate of drug-likeness (QED) is 0.0497. The van der Waals surface area contributed by atoms with E-state index in [-0.39, 0.29) is 41.4 Å². The van der Waals surface area contributed by atoms with Crippen molar-refractivity contribution in [3.05, 3.63) is 216 Å². The van der Waals surface area contributed by atoms with Gasteiger partial charge in [-0.1, -0.05) is 134 Å². The minimum atomic E-state index is -1.78. The Balaban J connectivity index is 1.11. The summed E-state index contributed by atoms with van der Waals surface area (Å²) >= 11 is 0. The summed E-state index contributed by atoms with van der Waals surface area (Å²) in [6, 6.07) is 45.7. The molecule has 15 nitrogen and oxygen atoms in total. The standard InChI is InChI=1S/C55H47NO14/c1-2-31-63-53(61)44(56-55(62)66-32-43-41-29-17-15-27-39(41)40-28-16-18-30-42(40)43)33-65-54-48(70-52(60)38-25-13-6-14-26-38)47(69-51(59)37-23-11-5-12-24-37)46(68-50(58)36-21-9-4-10-22-36)45(67-54)34-64-49(57)35-19-7-3-8-20-35/h2-30,43-48,54H,1,31-34H2,(H,56,62)/t44-,45+,46+,47-,48-,54-/m0/s1. The van der Waals surface area contributed by atoms with Crippen LogP contribution in [-0.4, -0.2) is 99.1 Å². The number of rotatable bonds is 18. The van der Waals surface area contributed by atoms with Crippen LogP contribution in [0, 0.1) is 0 Å². The molecule has 70 heavy (non-hydrogen) atoms. The van der Waals surface area contributed by atoms with Crippen LogP contribution in [0.2, 0.25) is 0 Å². The summed E-state index contributed by atoms with van der Waals surface area (Å²) in [6.07, 6.45) is -8.10. The summed E-state index contributed by atoms with van der Waals surface area (Å²) in [6.45, 7) is 1.94. The topological polar surface area (TPSA) is 188 Å². The first-order chi connectivity index (χ1) is 34.2. The molecule has 0 radical (unpaired) electrons. The first-order valence-electron chi connectivity index (χ1n) is 22.3. The maximum atomic E-state index is 14.0. The van der Waals surface area contributed by atoms with E-state index in [9.17, 15) is 28.8 Å². The SMILES string of the molecule is C=CCOC(=O)[C@H](CO[C@H]1O[C@H](COC(=O)c2ccccc2)[C@@H](OC(=O)c2ccccc2)[C@H](OC(=O)c2ccccc2)[C@@H]1OC(=O)c1ccccc1)NC(=O)OCC1c2ccccc2-c2ccccc21. The van der Waals surface area contributed by atoms with Crippen LogP contribution in [0.4, 0.5) is 4.79 Å². The monoisotopic (exact) mass is 945 g/mol. The lowest BCUT2D eigenvalue weighted by molar-refractivity contribution is -0.299. The average molecular weight is 946 g/mol. The molecule has 1 heterocycles. The summed E-state index contributed by atoms with van der Waals surface area (Å²) in [5.41, 5.74) is 4.40. The molecule has 0 unspecified atom stereocenters. The molecule has 0 spiro atoms. The van der Waals surface area contributed by atoms with Crippen molar-refractivity contribution in [3.8, 4) is 11.1 Å². The van der Waals surface area contributed by atoms with Gasteiger partial charge in [0.1, 0.15) is 25.9 Å². The number of benzene rings is 6. The minimum absolute atomic E-state index is 0.0777. The number of fused-ring (bicyclic) bond motifs is 3. The highest BCUT2D eigenvalue weighted by molar-refractivity contribution is 5.92. The second-order valence-corrected chi connectivity index (χ2v) is 16.0. The van der Waals surface area contributed by atoms with Gasteiger partial charge in [-0.05, 0) is 70.8 Å². The van der Waals surface area contributed by atoms with Gasteiger partial charge in [0.25, 0.3) is 0 Å². The van der Waals surface area contributed by atoms with Gasteiger partial charge in [-0.2, -0.15) is 0 Å². The molecule has 1 amide bonds. The maximum absolute atomic E-state index is 14.0. The van der Waals surface area contributed by atoms with Crippen molar-refractivity contribution in [2.24, 2.45) is 0 Å². The van der Waals surface area contributed by atoms with Gasteiger partial charge in [0.15, 0.2) is 30.6 Å². The zero-order chi connectivity index (χ0) is 48.8. The molecule has 1 aliphatic heterocycles. The van der Waals surface area contributed by atoms with Gasteiger partial charge in [-0.25, -0.2) is 28.8 Å². The molecule has 356 valence electrons. The van der Waals surface area contributed by atoms with Crippen LogP contribution in [0.5, 0.6) is 0 Å². The fourth-order valence-electron chi connectivity index (χ4n) is 8.05. The summed E-state index contributed by atoms with van der Waals surface area (Å²) in [5, 5.41) is 2.52. The Hall–Kier alpha value is -8.40. The second kappa shape index (κ2) is 23.1. The molecule has 1 N–H and O–H groups in total. The highest BCUT2D eigenvalue weighted by Crippen LogP contribution is 2.44. The summed E-state index contributed by atoms with van der Waals surface area (Å²) < 4.78 is 47.8. The van der Waals surface area contributed by atoms with E-state index < -0.39 is 85.9 Å². The largest absolute Gasteiger partial charge is 0.460 e. The summed E-state index contributed by atoms with van der Waals surface area (Å²) in [4.78, 5) is 82.7. The average Bonchev–Trinajstić information content (AvgIpc) is 3.73. The molecule has 2 aliphatic rings. The van der Waals surface area contributed by atoms with Crippen LogP contribution < -0.4 is 5.32 Å².